The van der Waals surface area contributed by atoms with E-state index in [2.05, 4.69) is 13.8 Å². The molecular weight excluding hydrogens is 60.1 g/mol. The fourth-order valence-corrected chi connectivity index (χ4v) is 0. The lowest BCUT2D eigenvalue weighted by Gasteiger charge is -1.48. The van der Waals surface area contributed by atoms with Crippen molar-refractivity contribution < 1.29 is 5.48 Å². The molecule has 0 saturated carbocycles. The normalized spacial score (nSPS) is 11.6. The Bertz CT molecular complexity index is 13.7. The summed E-state index contributed by atoms with van der Waals surface area (Å²) in [6, 6.07) is 0. The van der Waals surface area contributed by atoms with Crippen molar-refractivity contribution >= 4 is 0 Å². The van der Waals surface area contributed by atoms with Gasteiger partial charge in [-0.2, -0.15) is 0 Å². The van der Waals surface area contributed by atoms with Crippen LogP contribution in [0.15, 0.2) is 0 Å². The minimum atomic E-state index is -0.250. The van der Waals surface area contributed by atoms with E-state index in [0.717, 1.165) is 0 Å². The van der Waals surface area contributed by atoms with Crippen LogP contribution in [0.2, 0.25) is 0 Å². The fourth-order valence-electron chi connectivity index (χ4n) is 0. The van der Waals surface area contributed by atoms with Crippen LogP contribution in [0.3, 0.4) is 0 Å². The molecule has 0 nitrogen and oxygen atoms in total. The zero-order valence-corrected chi connectivity index (χ0v) is 4.12. The zero-order chi connectivity index (χ0) is 8.12. The molecule has 0 aliphatic heterocycles. The Morgan fingerprint density at radius 3 is 1.60 bits per heavy atom. The van der Waals surface area contributed by atoms with Crippen LogP contribution in [-0.2, 0) is 0 Å². The predicted octanol–water partition coefficient (Wildman–Crippen LogP) is 2.69. The minimum absolute atomic E-state index is 0.250. The van der Waals surface area contributed by atoms with Crippen LogP contribution in [0.1, 0.15) is 40.5 Å². The van der Waals surface area contributed by atoms with Crippen LogP contribution >= 0.6 is 0 Å². The van der Waals surface area contributed by atoms with E-state index in [1.165, 1.54) is 6.42 Å². The number of hydrogen-bond acceptors (Lipinski definition) is 0. The van der Waals surface area contributed by atoms with E-state index >= 15 is 0 Å². The highest BCUT2D eigenvalue weighted by atomic mass is 13.4. The number of hydrogen-bond donors (Lipinski definition) is 0. The van der Waals surface area contributed by atoms with Crippen molar-refractivity contribution in [1.29, 1.82) is 0 Å². The van der Waals surface area contributed by atoms with Crippen LogP contribution in [0.25, 0.3) is 0 Å². The molecule has 0 aliphatic carbocycles. The summed E-state index contributed by atoms with van der Waals surface area (Å²) < 4.78 is 23.5. The molecule has 0 aliphatic rings. The first-order valence-corrected chi connectivity index (χ1v) is 1.41. The van der Waals surface area contributed by atoms with Gasteiger partial charge in [0.05, 0.1) is 0 Å². The maximum Gasteiger partial charge on any atom is 0.0194 e. The third kappa shape index (κ3) is 0. The van der Waals surface area contributed by atoms with Gasteiger partial charge in [0.2, 0.25) is 0 Å². The molecule has 0 heterocycles. The van der Waals surface area contributed by atoms with Crippen LogP contribution < -0.4 is 0 Å². The third-order valence-electron chi connectivity index (χ3n) is 0. The van der Waals surface area contributed by atoms with Crippen molar-refractivity contribution in [2.75, 3.05) is 0 Å². The van der Waals surface area contributed by atoms with Gasteiger partial charge in [-0.3, -0.25) is 0 Å². The van der Waals surface area contributed by atoms with Gasteiger partial charge in [0.1, 0.15) is 0 Å². The molecule has 0 aromatic heterocycles. The molecule has 0 rings (SSSR count). The van der Waals surface area contributed by atoms with Crippen molar-refractivity contribution in [2.24, 2.45) is 0 Å². The van der Waals surface area contributed by atoms with Crippen molar-refractivity contribution in [1.82, 2.24) is 0 Å². The van der Waals surface area contributed by atoms with Crippen LogP contribution in [-0.4, -0.2) is 0 Å². The van der Waals surface area contributed by atoms with E-state index in [4.69, 9.17) is 5.48 Å². The van der Waals surface area contributed by atoms with Gasteiger partial charge in [-0.25, -0.2) is 0 Å². The van der Waals surface area contributed by atoms with E-state index in [9.17, 15) is 0 Å². The van der Waals surface area contributed by atoms with Crippen LogP contribution in [0, 0.1) is 0 Å². The molecule has 0 atom stereocenters. The topological polar surface area (TPSA) is 0 Å². The second kappa shape index (κ2) is 36.0. The molecular formula is C5H16. The van der Waals surface area contributed by atoms with Gasteiger partial charge in [0.15, 0.2) is 0 Å². The Balaban J connectivity index is -0.0000000600. The molecule has 0 unspecified atom stereocenters. The Morgan fingerprint density at radius 1 is 1.60 bits per heavy atom. The molecule has 5 heavy (non-hydrogen) atoms. The fraction of sp³-hybridized carbons (Fsp3) is 1.00. The van der Waals surface area contributed by atoms with Gasteiger partial charge in [-0.1, -0.05) is 35.0 Å². The average molecular weight is 84.2 g/mol. The monoisotopic (exact) mass is 84.2 g/mol. The predicted molar refractivity (Wildman–Crippen MR) is 29.4 cm³/mol. The lowest BCUT2D eigenvalue weighted by molar-refractivity contribution is 1.09. The maximum atomic E-state index is 5.88. The standard InChI is InChI=1S/C3H8.2CH4/c1-3-2;;/h3H2,1-2H3;2*1H4/i;2*1T2. The van der Waals surface area contributed by atoms with Crippen LogP contribution in [0.5, 0.6) is 0 Å². The van der Waals surface area contributed by atoms with Gasteiger partial charge in [-0.15, -0.1) is 0 Å². The van der Waals surface area contributed by atoms with Gasteiger partial charge < -0.3 is 0 Å². The largest absolute Gasteiger partial charge is 0.0776 e. The highest BCUT2D eigenvalue weighted by molar-refractivity contribution is 3.92. The molecule has 0 spiro atoms. The minimum Gasteiger partial charge on any atom is -0.0776 e. The first-order valence-electron chi connectivity index (χ1n) is 4.24. The lowest BCUT2D eigenvalue weighted by Crippen LogP contribution is -1.27. The molecule has 0 saturated heterocycles. The highest BCUT2D eigenvalue weighted by Gasteiger charge is 1.35. The van der Waals surface area contributed by atoms with Crippen molar-refractivity contribution in [3.05, 3.63) is 0 Å². The zero-order valence-electron chi connectivity index (χ0n) is 8.12. The quantitative estimate of drug-likeness (QED) is 0.423. The molecule has 0 N–H and O–H groups in total. The van der Waals surface area contributed by atoms with Crippen LogP contribution in [0.4, 0.5) is 0 Å². The second-order valence-corrected chi connectivity index (χ2v) is 0.707. The van der Waals surface area contributed by atoms with E-state index in [1.807, 2.05) is 0 Å². The third-order valence-corrected chi connectivity index (χ3v) is 0. The smallest absolute Gasteiger partial charge is 0.0194 e. The summed E-state index contributed by atoms with van der Waals surface area (Å²) in [7, 11) is -0.500. The first kappa shape index (κ1) is 2.22. The summed E-state index contributed by atoms with van der Waals surface area (Å²) in [6.07, 6.45) is 1.25. The van der Waals surface area contributed by atoms with Gasteiger partial charge in [0, 0.05) is 5.48 Å². The van der Waals surface area contributed by atoms with E-state index in [1.54, 1.807) is 0 Å². The van der Waals surface area contributed by atoms with Crippen molar-refractivity contribution in [3.8, 4) is 0 Å². The SMILES string of the molecule is CCC.[3H]C[3H].[3H]C[3H]. The Labute approximate surface area is 41.8 Å². The lowest BCUT2D eigenvalue weighted by atomic mass is 10.6. The van der Waals surface area contributed by atoms with E-state index in [-0.39, 0.29) is 14.8 Å². The summed E-state index contributed by atoms with van der Waals surface area (Å²) >= 11 is 0. The molecule has 0 heteroatoms. The second-order valence-electron chi connectivity index (χ2n) is 0.707. The van der Waals surface area contributed by atoms with E-state index in [0.29, 0.717) is 0 Å². The molecule has 0 aromatic carbocycles. The Kier molecular flexibility index (Phi) is 16.0. The Hall–Kier alpha value is 0. The first-order chi connectivity index (χ1) is 4.24. The summed E-state index contributed by atoms with van der Waals surface area (Å²) in [5.41, 5.74) is 0. The summed E-state index contributed by atoms with van der Waals surface area (Å²) in [4.78, 5) is 0. The van der Waals surface area contributed by atoms with Crippen molar-refractivity contribution in [2.45, 2.75) is 35.0 Å². The van der Waals surface area contributed by atoms with Crippen molar-refractivity contribution in [3.63, 3.8) is 0 Å². The van der Waals surface area contributed by atoms with Gasteiger partial charge in [-0.05, 0) is 0 Å². The molecule has 0 bridgehead atoms. The average Bonchev–Trinajstić information content (AvgIpc) is 1.70. The molecule has 0 aromatic rings. The maximum absolute atomic E-state index is 5.88. The summed E-state index contributed by atoms with van der Waals surface area (Å²) in [5, 5.41) is 0. The molecule has 36 valence electrons. The van der Waals surface area contributed by atoms with Gasteiger partial charge >= 0.3 is 0 Å². The van der Waals surface area contributed by atoms with Gasteiger partial charge in [0.25, 0.3) is 0 Å². The summed E-state index contributed by atoms with van der Waals surface area (Å²) in [5.74, 6) is 0. The highest BCUT2D eigenvalue weighted by Crippen LogP contribution is 1.56. The number of rotatable bonds is 0. The molecule has 0 radical (unpaired) electrons. The molecule has 0 fully saturated rings. The Morgan fingerprint density at radius 2 is 1.60 bits per heavy atom. The summed E-state index contributed by atoms with van der Waals surface area (Å²) in [6.45, 7) is 4.25. The molecule has 0 amide bonds. The van der Waals surface area contributed by atoms with E-state index < -0.39 is 0 Å².